The summed E-state index contributed by atoms with van der Waals surface area (Å²) in [5, 5.41) is 4.91. The molecule has 2 heteroatoms. The topological polar surface area (TPSA) is 25.8 Å². The van der Waals surface area contributed by atoms with E-state index in [1.165, 1.54) is 21.7 Å². The van der Waals surface area contributed by atoms with E-state index in [9.17, 15) is 0 Å². The molecule has 0 atom stereocenters. The first-order chi connectivity index (χ1) is 12.4. The van der Waals surface area contributed by atoms with Crippen molar-refractivity contribution in [1.82, 2.24) is 9.97 Å². The predicted molar refractivity (Wildman–Crippen MR) is 104 cm³/mol. The lowest BCUT2D eigenvalue weighted by Crippen LogP contribution is -1.96. The Balaban J connectivity index is 1.66. The molecule has 0 saturated carbocycles. The first-order valence-corrected chi connectivity index (χ1v) is 8.48. The van der Waals surface area contributed by atoms with E-state index in [2.05, 4.69) is 77.8 Å². The van der Waals surface area contributed by atoms with Gasteiger partial charge in [0.05, 0.1) is 16.7 Å². The summed E-state index contributed by atoms with van der Waals surface area (Å²) < 4.78 is 0. The van der Waals surface area contributed by atoms with Crippen molar-refractivity contribution in [3.05, 3.63) is 96.3 Å². The Bertz CT molecular complexity index is 1220. The van der Waals surface area contributed by atoms with Crippen LogP contribution in [0.5, 0.6) is 0 Å². The van der Waals surface area contributed by atoms with Gasteiger partial charge >= 0.3 is 0 Å². The average molecular weight is 320 g/mol. The van der Waals surface area contributed by atoms with Gasteiger partial charge < -0.3 is 0 Å². The molecule has 0 radical (unpaired) electrons. The molecule has 5 rings (SSSR count). The molecule has 0 aliphatic rings. The molecule has 0 saturated heterocycles. The van der Waals surface area contributed by atoms with E-state index in [-0.39, 0.29) is 0 Å². The number of benzene rings is 4. The molecule has 0 amide bonds. The Morgan fingerprint density at radius 3 is 2.24 bits per heavy atom. The van der Waals surface area contributed by atoms with Gasteiger partial charge in [-0.3, -0.25) is 4.98 Å². The minimum Gasteiger partial charge on any atom is -0.253 e. The number of fused-ring (bicyclic) bond motifs is 4. The minimum atomic E-state index is 0.785. The van der Waals surface area contributed by atoms with Gasteiger partial charge in [0.1, 0.15) is 0 Å². The van der Waals surface area contributed by atoms with Crippen molar-refractivity contribution in [1.29, 1.82) is 0 Å². The van der Waals surface area contributed by atoms with Crippen molar-refractivity contribution < 1.29 is 0 Å². The molecule has 5 aromatic rings. The highest BCUT2D eigenvalue weighted by Crippen LogP contribution is 2.24. The van der Waals surface area contributed by atoms with Crippen LogP contribution in [0.3, 0.4) is 0 Å². The van der Waals surface area contributed by atoms with E-state index < -0.39 is 0 Å². The maximum absolute atomic E-state index is 4.94. The van der Waals surface area contributed by atoms with Crippen LogP contribution in [-0.2, 0) is 6.42 Å². The van der Waals surface area contributed by atoms with Crippen LogP contribution in [0.1, 0.15) is 11.3 Å². The Morgan fingerprint density at radius 2 is 1.36 bits per heavy atom. The SMILES string of the molecule is c1ccc2c(Cc3cnc4ccc5ccccc5c4n3)cccc2c1. The summed E-state index contributed by atoms with van der Waals surface area (Å²) in [6, 6.07) is 27.4. The first-order valence-electron chi connectivity index (χ1n) is 8.48. The minimum absolute atomic E-state index is 0.785. The van der Waals surface area contributed by atoms with Crippen LogP contribution in [0.2, 0.25) is 0 Å². The highest BCUT2D eigenvalue weighted by atomic mass is 14.8. The van der Waals surface area contributed by atoms with E-state index in [0.29, 0.717) is 0 Å². The summed E-state index contributed by atoms with van der Waals surface area (Å²) in [4.78, 5) is 9.59. The monoisotopic (exact) mass is 320 g/mol. The fourth-order valence-corrected chi connectivity index (χ4v) is 3.51. The van der Waals surface area contributed by atoms with Crippen LogP contribution in [0.4, 0.5) is 0 Å². The molecule has 0 bridgehead atoms. The molecule has 0 spiro atoms. The molecule has 0 aliphatic carbocycles. The van der Waals surface area contributed by atoms with Crippen LogP contribution in [0, 0.1) is 0 Å². The van der Waals surface area contributed by atoms with Gasteiger partial charge in [0.15, 0.2) is 0 Å². The van der Waals surface area contributed by atoms with Crippen molar-refractivity contribution in [2.24, 2.45) is 0 Å². The van der Waals surface area contributed by atoms with Crippen LogP contribution in [-0.4, -0.2) is 9.97 Å². The fourth-order valence-electron chi connectivity index (χ4n) is 3.51. The normalized spacial score (nSPS) is 11.4. The summed E-state index contributed by atoms with van der Waals surface area (Å²) in [6.07, 6.45) is 2.69. The standard InChI is InChI=1S/C23H16N2/c1-3-10-20-16(6-1)8-5-9-18(20)14-19-15-24-22-13-12-17-7-2-4-11-21(17)23(22)25-19/h1-13,15H,14H2. The summed E-state index contributed by atoms with van der Waals surface area (Å²) >= 11 is 0. The molecular weight excluding hydrogens is 304 g/mol. The van der Waals surface area contributed by atoms with Crippen molar-refractivity contribution in [3.63, 3.8) is 0 Å². The highest BCUT2D eigenvalue weighted by Gasteiger charge is 2.07. The average Bonchev–Trinajstić information content (AvgIpc) is 2.68. The third-order valence-corrected chi connectivity index (χ3v) is 4.74. The van der Waals surface area contributed by atoms with Gasteiger partial charge in [-0.25, -0.2) is 4.98 Å². The molecule has 0 aliphatic heterocycles. The van der Waals surface area contributed by atoms with Crippen molar-refractivity contribution in [2.45, 2.75) is 6.42 Å². The van der Waals surface area contributed by atoms with Gasteiger partial charge in [-0.2, -0.15) is 0 Å². The molecule has 1 aromatic heterocycles. The Morgan fingerprint density at radius 1 is 0.640 bits per heavy atom. The van der Waals surface area contributed by atoms with Crippen LogP contribution in [0.25, 0.3) is 32.6 Å². The second-order valence-electron chi connectivity index (χ2n) is 6.33. The molecule has 0 fully saturated rings. The summed E-state index contributed by atoms with van der Waals surface area (Å²) in [7, 11) is 0. The molecule has 0 N–H and O–H groups in total. The van der Waals surface area contributed by atoms with E-state index in [1.54, 1.807) is 0 Å². The number of rotatable bonds is 2. The third-order valence-electron chi connectivity index (χ3n) is 4.74. The van der Waals surface area contributed by atoms with Gasteiger partial charge in [0.2, 0.25) is 0 Å². The molecule has 118 valence electrons. The maximum atomic E-state index is 4.94. The smallest absolute Gasteiger partial charge is 0.0968 e. The number of hydrogen-bond donors (Lipinski definition) is 0. The van der Waals surface area contributed by atoms with Gasteiger partial charge in [0.25, 0.3) is 0 Å². The van der Waals surface area contributed by atoms with Gasteiger partial charge in [-0.15, -0.1) is 0 Å². The van der Waals surface area contributed by atoms with Gasteiger partial charge in [-0.1, -0.05) is 72.8 Å². The molecule has 25 heavy (non-hydrogen) atoms. The molecule has 0 unspecified atom stereocenters. The van der Waals surface area contributed by atoms with Crippen molar-refractivity contribution in [2.75, 3.05) is 0 Å². The van der Waals surface area contributed by atoms with Gasteiger partial charge in [0, 0.05) is 18.0 Å². The zero-order chi connectivity index (χ0) is 16.6. The zero-order valence-electron chi connectivity index (χ0n) is 13.7. The number of aromatic nitrogens is 2. The lowest BCUT2D eigenvalue weighted by atomic mass is 10.0. The quantitative estimate of drug-likeness (QED) is 0.400. The molecular formula is C23H16N2. The molecule has 4 aromatic carbocycles. The fraction of sp³-hybridized carbons (Fsp3) is 0.0435. The van der Waals surface area contributed by atoms with E-state index in [4.69, 9.17) is 4.98 Å². The largest absolute Gasteiger partial charge is 0.253 e. The Kier molecular flexibility index (Phi) is 3.20. The number of hydrogen-bond acceptors (Lipinski definition) is 2. The predicted octanol–water partition coefficient (Wildman–Crippen LogP) is 5.53. The Hall–Kier alpha value is -3.26. The van der Waals surface area contributed by atoms with E-state index >= 15 is 0 Å². The van der Waals surface area contributed by atoms with Crippen LogP contribution in [0.15, 0.2) is 85.1 Å². The van der Waals surface area contributed by atoms with Crippen molar-refractivity contribution >= 4 is 32.6 Å². The zero-order valence-corrected chi connectivity index (χ0v) is 13.7. The van der Waals surface area contributed by atoms with E-state index in [0.717, 1.165) is 28.5 Å². The lowest BCUT2D eigenvalue weighted by molar-refractivity contribution is 1.08. The first kappa shape index (κ1) is 14.1. The third kappa shape index (κ3) is 2.43. The summed E-state index contributed by atoms with van der Waals surface area (Å²) in [5.41, 5.74) is 4.21. The number of nitrogens with zero attached hydrogens (tertiary/aromatic N) is 2. The second-order valence-corrected chi connectivity index (χ2v) is 6.33. The van der Waals surface area contributed by atoms with Gasteiger partial charge in [-0.05, 0) is 27.8 Å². The Labute approximate surface area is 145 Å². The second kappa shape index (κ2) is 5.67. The highest BCUT2D eigenvalue weighted by molar-refractivity contribution is 6.03. The molecule has 2 nitrogen and oxygen atoms in total. The van der Waals surface area contributed by atoms with Crippen LogP contribution < -0.4 is 0 Å². The van der Waals surface area contributed by atoms with Crippen molar-refractivity contribution in [3.8, 4) is 0 Å². The summed E-state index contributed by atoms with van der Waals surface area (Å²) in [5.74, 6) is 0. The molecule has 1 heterocycles. The van der Waals surface area contributed by atoms with E-state index in [1.807, 2.05) is 12.3 Å². The maximum Gasteiger partial charge on any atom is 0.0968 e. The van der Waals surface area contributed by atoms with Crippen LogP contribution >= 0.6 is 0 Å². The summed E-state index contributed by atoms with van der Waals surface area (Å²) in [6.45, 7) is 0. The lowest BCUT2D eigenvalue weighted by Gasteiger charge is -2.08.